The van der Waals surface area contributed by atoms with Gasteiger partial charge in [-0.15, -0.1) is 0 Å². The van der Waals surface area contributed by atoms with Crippen molar-refractivity contribution in [2.75, 3.05) is 0 Å². The van der Waals surface area contributed by atoms with Gasteiger partial charge in [-0.05, 0) is 24.3 Å². The van der Waals surface area contributed by atoms with Crippen LogP contribution in [0.25, 0.3) is 0 Å². The normalized spacial score (nSPS) is 20.8. The topological polar surface area (TPSA) is 23.8 Å². The Hall–Kier alpha value is -0.810. The molecule has 0 aliphatic heterocycles. The number of nitrogens with zero attached hydrogens (tertiary/aromatic N) is 1. The quantitative estimate of drug-likeness (QED) is 0.741. The van der Waals surface area contributed by atoms with Gasteiger partial charge in [0.1, 0.15) is 4.32 Å². The van der Waals surface area contributed by atoms with E-state index in [0.717, 1.165) is 18.4 Å². The van der Waals surface area contributed by atoms with Crippen LogP contribution in [0, 0.1) is 17.2 Å². The lowest BCUT2D eigenvalue weighted by molar-refractivity contribution is 0.473. The average molecular weight is 264 g/mol. The van der Waals surface area contributed by atoms with E-state index in [9.17, 15) is 5.26 Å². The van der Waals surface area contributed by atoms with Gasteiger partial charge in [0, 0.05) is 0 Å². The first-order valence-corrected chi connectivity index (χ1v) is 6.22. The Morgan fingerprint density at radius 3 is 2.33 bits per heavy atom. The molecule has 78 valence electrons. The highest BCUT2D eigenvalue weighted by Gasteiger charge is 2.39. The van der Waals surface area contributed by atoms with Gasteiger partial charge in [0.2, 0.25) is 0 Å². The number of halogens is 1. The lowest BCUT2D eigenvalue weighted by atomic mass is 9.86. The van der Waals surface area contributed by atoms with E-state index in [1.54, 1.807) is 0 Å². The Morgan fingerprint density at radius 1 is 1.20 bits per heavy atom. The van der Waals surface area contributed by atoms with E-state index in [4.69, 9.17) is 0 Å². The minimum atomic E-state index is -0.467. The van der Waals surface area contributed by atoms with Gasteiger partial charge < -0.3 is 0 Å². The van der Waals surface area contributed by atoms with Crippen LogP contribution >= 0.6 is 15.9 Å². The molecule has 0 heterocycles. The van der Waals surface area contributed by atoms with Crippen molar-refractivity contribution in [2.24, 2.45) is 5.92 Å². The number of hydrogen-bond donors (Lipinski definition) is 0. The minimum absolute atomic E-state index is 0.463. The molecule has 1 aliphatic rings. The van der Waals surface area contributed by atoms with Gasteiger partial charge in [0.05, 0.1) is 6.07 Å². The van der Waals surface area contributed by atoms with Crippen molar-refractivity contribution in [1.29, 1.82) is 5.26 Å². The lowest BCUT2D eigenvalue weighted by Crippen LogP contribution is -2.25. The summed E-state index contributed by atoms with van der Waals surface area (Å²) in [5, 5.41) is 9.40. The molecule has 1 saturated carbocycles. The first-order chi connectivity index (χ1) is 7.27. The Bertz CT molecular complexity index is 362. The van der Waals surface area contributed by atoms with Gasteiger partial charge in [-0.1, -0.05) is 59.1 Å². The predicted octanol–water partition coefficient (Wildman–Crippen LogP) is 3.99. The van der Waals surface area contributed by atoms with E-state index in [1.165, 1.54) is 12.8 Å². The monoisotopic (exact) mass is 263 g/mol. The van der Waals surface area contributed by atoms with Crippen LogP contribution in [0.4, 0.5) is 0 Å². The lowest BCUT2D eigenvalue weighted by Gasteiger charge is -2.26. The van der Waals surface area contributed by atoms with Crippen LogP contribution in [0.2, 0.25) is 0 Å². The van der Waals surface area contributed by atoms with E-state index in [2.05, 4.69) is 22.0 Å². The number of alkyl halides is 1. The SMILES string of the molecule is N#C[C@@](Br)(c1ccccc1)C1CCCC1. The van der Waals surface area contributed by atoms with E-state index >= 15 is 0 Å². The highest BCUT2D eigenvalue weighted by Crippen LogP contribution is 2.46. The van der Waals surface area contributed by atoms with Crippen LogP contribution in [0.15, 0.2) is 30.3 Å². The maximum absolute atomic E-state index is 9.40. The zero-order chi connectivity index (χ0) is 10.7. The van der Waals surface area contributed by atoms with Crippen molar-refractivity contribution in [2.45, 2.75) is 30.0 Å². The molecular weight excluding hydrogens is 250 g/mol. The molecule has 1 fully saturated rings. The fraction of sp³-hybridized carbons (Fsp3) is 0.462. The van der Waals surface area contributed by atoms with Crippen molar-refractivity contribution in [3.63, 3.8) is 0 Å². The van der Waals surface area contributed by atoms with Gasteiger partial charge in [0.25, 0.3) is 0 Å². The molecule has 2 heteroatoms. The highest BCUT2D eigenvalue weighted by molar-refractivity contribution is 9.09. The third-order valence-corrected chi connectivity index (χ3v) is 4.56. The summed E-state index contributed by atoms with van der Waals surface area (Å²) in [6, 6.07) is 12.5. The van der Waals surface area contributed by atoms with Crippen molar-refractivity contribution >= 4 is 15.9 Å². The molecule has 1 atom stereocenters. The number of benzene rings is 1. The molecule has 15 heavy (non-hydrogen) atoms. The Labute approximate surface area is 99.2 Å². The zero-order valence-corrected chi connectivity index (χ0v) is 10.2. The van der Waals surface area contributed by atoms with Gasteiger partial charge in [-0.25, -0.2) is 0 Å². The van der Waals surface area contributed by atoms with Crippen LogP contribution in [-0.4, -0.2) is 0 Å². The molecule has 1 aliphatic carbocycles. The number of hydrogen-bond acceptors (Lipinski definition) is 1. The summed E-state index contributed by atoms with van der Waals surface area (Å²) in [5.41, 5.74) is 1.10. The van der Waals surface area contributed by atoms with Crippen LogP contribution < -0.4 is 0 Å². The molecule has 0 spiro atoms. The Kier molecular flexibility index (Phi) is 3.11. The second-order valence-corrected chi connectivity index (χ2v) is 5.42. The fourth-order valence-electron chi connectivity index (χ4n) is 2.40. The molecule has 1 aromatic rings. The molecule has 0 radical (unpaired) electrons. The van der Waals surface area contributed by atoms with Crippen molar-refractivity contribution < 1.29 is 0 Å². The summed E-state index contributed by atoms with van der Waals surface area (Å²) in [4.78, 5) is 0. The summed E-state index contributed by atoms with van der Waals surface area (Å²) >= 11 is 3.66. The smallest absolute Gasteiger partial charge is 0.140 e. The second-order valence-electron chi connectivity index (χ2n) is 4.17. The van der Waals surface area contributed by atoms with Crippen molar-refractivity contribution in [3.8, 4) is 6.07 Å². The minimum Gasteiger partial charge on any atom is -0.196 e. The zero-order valence-electron chi connectivity index (χ0n) is 8.62. The highest BCUT2D eigenvalue weighted by atomic mass is 79.9. The van der Waals surface area contributed by atoms with Gasteiger partial charge in [-0.2, -0.15) is 5.26 Å². The largest absolute Gasteiger partial charge is 0.196 e. The molecule has 0 aromatic heterocycles. The summed E-state index contributed by atoms with van der Waals surface area (Å²) < 4.78 is -0.467. The van der Waals surface area contributed by atoms with E-state index in [-0.39, 0.29) is 0 Å². The van der Waals surface area contributed by atoms with Crippen LogP contribution in [0.1, 0.15) is 31.2 Å². The number of rotatable bonds is 2. The molecule has 2 rings (SSSR count). The molecule has 0 unspecified atom stereocenters. The number of nitriles is 1. The Balaban J connectivity index is 2.33. The van der Waals surface area contributed by atoms with Gasteiger partial charge in [0.15, 0.2) is 0 Å². The van der Waals surface area contributed by atoms with Crippen LogP contribution in [0.5, 0.6) is 0 Å². The molecule has 1 aromatic carbocycles. The fourth-order valence-corrected chi connectivity index (χ4v) is 3.12. The summed E-state index contributed by atoms with van der Waals surface area (Å²) in [6.45, 7) is 0. The first-order valence-electron chi connectivity index (χ1n) is 5.43. The van der Waals surface area contributed by atoms with E-state index < -0.39 is 4.32 Å². The molecule has 0 N–H and O–H groups in total. The first kappa shape index (κ1) is 10.7. The summed E-state index contributed by atoms with van der Waals surface area (Å²) in [6.07, 6.45) is 4.83. The average Bonchev–Trinajstić information content (AvgIpc) is 2.83. The summed E-state index contributed by atoms with van der Waals surface area (Å²) in [7, 11) is 0. The third-order valence-electron chi connectivity index (χ3n) is 3.27. The van der Waals surface area contributed by atoms with E-state index in [0.29, 0.717) is 5.92 Å². The molecule has 1 nitrogen and oxygen atoms in total. The molecule has 0 amide bonds. The van der Waals surface area contributed by atoms with Crippen molar-refractivity contribution in [1.82, 2.24) is 0 Å². The molecule has 0 bridgehead atoms. The summed E-state index contributed by atoms with van der Waals surface area (Å²) in [5.74, 6) is 0.463. The second kappa shape index (κ2) is 4.37. The standard InChI is InChI=1S/C13H14BrN/c14-13(10-15,12-8-4-5-9-12)11-6-2-1-3-7-11/h1-3,6-7,12H,4-5,8-9H2/t13-/m1/s1. The van der Waals surface area contributed by atoms with Gasteiger partial charge >= 0.3 is 0 Å². The Morgan fingerprint density at radius 2 is 1.80 bits per heavy atom. The third kappa shape index (κ3) is 1.94. The van der Waals surface area contributed by atoms with Crippen LogP contribution in [-0.2, 0) is 4.32 Å². The van der Waals surface area contributed by atoms with E-state index in [1.807, 2.05) is 30.3 Å². The van der Waals surface area contributed by atoms with Crippen molar-refractivity contribution in [3.05, 3.63) is 35.9 Å². The molecule has 0 saturated heterocycles. The molecular formula is C13H14BrN. The maximum Gasteiger partial charge on any atom is 0.140 e. The van der Waals surface area contributed by atoms with Crippen LogP contribution in [0.3, 0.4) is 0 Å². The predicted molar refractivity (Wildman–Crippen MR) is 64.6 cm³/mol. The van der Waals surface area contributed by atoms with Gasteiger partial charge in [-0.3, -0.25) is 0 Å². The maximum atomic E-state index is 9.40.